The Morgan fingerprint density at radius 1 is 1.05 bits per heavy atom. The van der Waals surface area contributed by atoms with Crippen LogP contribution in [0.15, 0.2) is 41.3 Å². The highest BCUT2D eigenvalue weighted by Gasteiger charge is 2.35. The zero-order chi connectivity index (χ0) is 15.4. The van der Waals surface area contributed by atoms with Gasteiger partial charge < -0.3 is 9.55 Å². The quantitative estimate of drug-likeness (QED) is 0.584. The fourth-order valence-corrected chi connectivity index (χ4v) is 3.21. The van der Waals surface area contributed by atoms with Crippen molar-refractivity contribution >= 4 is 22.5 Å². The van der Waals surface area contributed by atoms with Gasteiger partial charge in [-0.1, -0.05) is 18.2 Å². The molecule has 4 rings (SSSR count). The molecule has 0 unspecified atom stereocenters. The van der Waals surface area contributed by atoms with Crippen LogP contribution in [0.1, 0.15) is 38.9 Å². The lowest BCUT2D eigenvalue weighted by Gasteiger charge is -2.16. The highest BCUT2D eigenvalue weighted by Crippen LogP contribution is 2.34. The van der Waals surface area contributed by atoms with E-state index in [0.717, 1.165) is 10.9 Å². The molecule has 1 N–H and O–H groups in total. The van der Waals surface area contributed by atoms with Gasteiger partial charge in [-0.05, 0) is 13.0 Å². The van der Waals surface area contributed by atoms with Crippen LogP contribution in [0.25, 0.3) is 10.9 Å². The van der Waals surface area contributed by atoms with Crippen molar-refractivity contribution in [3.63, 3.8) is 0 Å². The van der Waals surface area contributed by atoms with Gasteiger partial charge in [-0.3, -0.25) is 14.4 Å². The molecule has 108 valence electrons. The Hall–Kier alpha value is -2.95. The number of fused-ring (bicyclic) bond motifs is 4. The van der Waals surface area contributed by atoms with E-state index >= 15 is 0 Å². The van der Waals surface area contributed by atoms with Gasteiger partial charge in [0.05, 0.1) is 11.1 Å². The molecule has 5 heteroatoms. The summed E-state index contributed by atoms with van der Waals surface area (Å²) in [5, 5.41) is 0.753. The summed E-state index contributed by atoms with van der Waals surface area (Å²) in [7, 11) is 0. The van der Waals surface area contributed by atoms with Crippen molar-refractivity contribution in [2.75, 3.05) is 0 Å². The van der Waals surface area contributed by atoms with Crippen molar-refractivity contribution in [1.29, 1.82) is 0 Å². The highest BCUT2D eigenvalue weighted by atomic mass is 16.1. The highest BCUT2D eigenvalue weighted by molar-refractivity contribution is 6.32. The third kappa shape index (κ3) is 1.45. The number of carbonyl (C=O) groups is 2. The average Bonchev–Trinajstić information content (AvgIpc) is 2.87. The third-order valence-corrected chi connectivity index (χ3v) is 4.14. The number of aromatic nitrogens is 2. The van der Waals surface area contributed by atoms with E-state index < -0.39 is 0 Å². The van der Waals surface area contributed by atoms with Gasteiger partial charge in [0.15, 0.2) is 5.78 Å². The molecule has 0 saturated heterocycles. The summed E-state index contributed by atoms with van der Waals surface area (Å²) in [6.07, 6.45) is 1.33. The van der Waals surface area contributed by atoms with E-state index in [2.05, 4.69) is 4.98 Å². The molecule has 0 atom stereocenters. The number of nitrogens with one attached hydrogen (secondary N) is 1. The molecule has 1 aliphatic rings. The third-order valence-electron chi connectivity index (χ3n) is 4.14. The monoisotopic (exact) mass is 292 g/mol. The lowest BCUT2D eigenvalue weighted by molar-refractivity contribution is 0.0974. The minimum absolute atomic E-state index is 0.181. The Morgan fingerprint density at radius 2 is 1.82 bits per heavy atom. The standard InChI is InChI=1S/C17H12N2O3/c1-2-19-12-6-4-3-5-9(12)14-15(19)17(22)11-8-18-13(20)7-10(11)16(14)21/h3-8H,2H2,1H3,(H,18,20). The van der Waals surface area contributed by atoms with E-state index in [4.69, 9.17) is 0 Å². The molecule has 1 aliphatic carbocycles. The fourth-order valence-electron chi connectivity index (χ4n) is 3.21. The summed E-state index contributed by atoms with van der Waals surface area (Å²) >= 11 is 0. The van der Waals surface area contributed by atoms with Gasteiger partial charge in [0.1, 0.15) is 5.69 Å². The molecule has 22 heavy (non-hydrogen) atoms. The number of nitrogens with zero attached hydrogens (tertiary/aromatic N) is 1. The van der Waals surface area contributed by atoms with Crippen molar-refractivity contribution in [3.8, 4) is 0 Å². The number of carbonyl (C=O) groups excluding carboxylic acids is 2. The zero-order valence-corrected chi connectivity index (χ0v) is 11.8. The number of aryl methyl sites for hydroxylation is 1. The first-order chi connectivity index (χ1) is 10.6. The van der Waals surface area contributed by atoms with Crippen molar-refractivity contribution < 1.29 is 9.59 Å². The second-order valence-corrected chi connectivity index (χ2v) is 5.27. The Labute approximate surface area is 125 Å². The van der Waals surface area contributed by atoms with E-state index in [9.17, 15) is 14.4 Å². The molecule has 2 aromatic heterocycles. The average molecular weight is 292 g/mol. The second-order valence-electron chi connectivity index (χ2n) is 5.27. The number of ketones is 2. The van der Waals surface area contributed by atoms with Crippen molar-refractivity contribution in [2.24, 2.45) is 0 Å². The Bertz CT molecular complexity index is 1020. The topological polar surface area (TPSA) is 71.9 Å². The van der Waals surface area contributed by atoms with Gasteiger partial charge in [-0.25, -0.2) is 0 Å². The van der Waals surface area contributed by atoms with Gasteiger partial charge in [0.2, 0.25) is 11.3 Å². The molecule has 0 radical (unpaired) electrons. The van der Waals surface area contributed by atoms with Crippen LogP contribution in [-0.4, -0.2) is 21.1 Å². The van der Waals surface area contributed by atoms with Gasteiger partial charge in [-0.15, -0.1) is 0 Å². The molecule has 0 spiro atoms. The van der Waals surface area contributed by atoms with Crippen LogP contribution in [0.3, 0.4) is 0 Å². The fraction of sp³-hybridized carbons (Fsp3) is 0.118. The molecular formula is C17H12N2O3. The van der Waals surface area contributed by atoms with Crippen LogP contribution in [0, 0.1) is 0 Å². The summed E-state index contributed by atoms with van der Waals surface area (Å²) in [5.41, 5.74) is 1.72. The molecule has 0 fully saturated rings. The van der Waals surface area contributed by atoms with Crippen molar-refractivity contribution in [1.82, 2.24) is 9.55 Å². The number of rotatable bonds is 1. The number of benzene rings is 1. The molecule has 2 heterocycles. The smallest absolute Gasteiger partial charge is 0.248 e. The summed E-state index contributed by atoms with van der Waals surface area (Å²) in [5.74, 6) is -0.488. The first-order valence-corrected chi connectivity index (χ1v) is 7.06. The number of hydrogen-bond donors (Lipinski definition) is 1. The molecule has 3 aromatic rings. The van der Waals surface area contributed by atoms with Gasteiger partial charge >= 0.3 is 0 Å². The maximum Gasteiger partial charge on any atom is 0.248 e. The SMILES string of the molecule is CCn1c2c(c3ccccc31)C(=O)c1cc(=O)[nH]cc1C2=O. The molecule has 1 aromatic carbocycles. The van der Waals surface area contributed by atoms with Crippen LogP contribution in [-0.2, 0) is 6.54 Å². The maximum absolute atomic E-state index is 12.8. The number of aromatic amines is 1. The number of hydrogen-bond acceptors (Lipinski definition) is 3. The number of pyridine rings is 1. The van der Waals surface area contributed by atoms with E-state index in [0.29, 0.717) is 17.8 Å². The van der Waals surface area contributed by atoms with Gasteiger partial charge in [-0.2, -0.15) is 0 Å². The Kier molecular flexibility index (Phi) is 2.48. The first kappa shape index (κ1) is 12.8. The molecule has 0 saturated carbocycles. The van der Waals surface area contributed by atoms with Gasteiger partial charge in [0, 0.05) is 35.3 Å². The maximum atomic E-state index is 12.8. The predicted molar refractivity (Wildman–Crippen MR) is 81.5 cm³/mol. The summed E-state index contributed by atoms with van der Waals surface area (Å²) in [6.45, 7) is 2.53. The molecule has 0 amide bonds. The van der Waals surface area contributed by atoms with Crippen LogP contribution < -0.4 is 5.56 Å². The number of para-hydroxylation sites is 1. The van der Waals surface area contributed by atoms with E-state index in [1.807, 2.05) is 35.8 Å². The normalized spacial score (nSPS) is 13.3. The second kappa shape index (κ2) is 4.27. The lowest BCUT2D eigenvalue weighted by atomic mass is 9.88. The summed E-state index contributed by atoms with van der Waals surface area (Å²) < 4.78 is 1.86. The van der Waals surface area contributed by atoms with Gasteiger partial charge in [0.25, 0.3) is 0 Å². The van der Waals surface area contributed by atoms with Crippen molar-refractivity contribution in [2.45, 2.75) is 13.5 Å². The van der Waals surface area contributed by atoms with E-state index in [1.165, 1.54) is 12.3 Å². The molecular weight excluding hydrogens is 280 g/mol. The van der Waals surface area contributed by atoms with Crippen LogP contribution in [0.2, 0.25) is 0 Å². The molecule has 5 nitrogen and oxygen atoms in total. The van der Waals surface area contributed by atoms with E-state index in [-0.39, 0.29) is 28.3 Å². The largest absolute Gasteiger partial charge is 0.337 e. The summed E-state index contributed by atoms with van der Waals surface area (Å²) in [6, 6.07) is 8.66. The Morgan fingerprint density at radius 3 is 2.59 bits per heavy atom. The molecule has 0 bridgehead atoms. The molecule has 0 aliphatic heterocycles. The first-order valence-electron chi connectivity index (χ1n) is 7.06. The zero-order valence-electron chi connectivity index (χ0n) is 11.8. The predicted octanol–water partition coefficient (Wildman–Crippen LogP) is 2.12. The number of H-pyrrole nitrogens is 1. The van der Waals surface area contributed by atoms with Crippen molar-refractivity contribution in [3.05, 3.63) is 69.3 Å². The van der Waals surface area contributed by atoms with Crippen LogP contribution >= 0.6 is 0 Å². The minimum atomic E-state index is -0.387. The lowest BCUT2D eigenvalue weighted by Crippen LogP contribution is -2.25. The van der Waals surface area contributed by atoms with Crippen LogP contribution in [0.4, 0.5) is 0 Å². The van der Waals surface area contributed by atoms with Crippen LogP contribution in [0.5, 0.6) is 0 Å². The summed E-state index contributed by atoms with van der Waals surface area (Å²) in [4.78, 5) is 39.6. The van der Waals surface area contributed by atoms with E-state index in [1.54, 1.807) is 0 Å². The Balaban J connectivity index is 2.17. The minimum Gasteiger partial charge on any atom is -0.337 e.